The molecule has 1 aliphatic rings. The third kappa shape index (κ3) is 10.6. The molecule has 0 radical (unpaired) electrons. The summed E-state index contributed by atoms with van der Waals surface area (Å²) in [7, 11) is 0. The smallest absolute Gasteiger partial charge is 0.325 e. The maximum absolute atomic E-state index is 13.2. The van der Waals surface area contributed by atoms with Gasteiger partial charge in [-0.1, -0.05) is 0 Å². The van der Waals surface area contributed by atoms with Crippen molar-refractivity contribution in [3.05, 3.63) is 182 Å². The summed E-state index contributed by atoms with van der Waals surface area (Å²) < 4.78 is 51.6. The molecular formula is C35H27F4N5O6. The van der Waals surface area contributed by atoms with Crippen molar-refractivity contribution in [2.24, 2.45) is 4.99 Å². The molecule has 1 aromatic heterocycles. The van der Waals surface area contributed by atoms with E-state index in [0.717, 1.165) is 6.20 Å². The first-order valence-electron chi connectivity index (χ1n) is 14.2. The van der Waals surface area contributed by atoms with Crippen LogP contribution in [-0.4, -0.2) is 38.6 Å². The number of aromatic nitrogens is 2. The lowest BCUT2D eigenvalue weighted by Gasteiger charge is -2.12. The standard InChI is InChI=1S/C18H12F2N2O2.C13H8F2O.C4H5N3O2.H2O/c19-13-5-1-11(2-6-13)18(12-3-7-14(20)8-4-12)22-15-10-21-17(24)9-16(15)23;14-11-5-1-9(2-6-11)13(16)10-3-7-12(15)8-4-10;5-2-1-6-4(9)7-3(2)8;/h1-8,10H,9H2,(H,21,24);1-8H;1H,5H2,(H2,6,7,8,9);1H2. The van der Waals surface area contributed by atoms with Gasteiger partial charge in [-0.15, -0.1) is 0 Å². The molecule has 7 N–H and O–H groups in total. The van der Waals surface area contributed by atoms with E-state index in [1.807, 2.05) is 4.98 Å². The van der Waals surface area contributed by atoms with Gasteiger partial charge in [0.05, 0.1) is 12.1 Å². The third-order valence-electron chi connectivity index (χ3n) is 6.51. The molecule has 0 aliphatic carbocycles. The van der Waals surface area contributed by atoms with E-state index in [9.17, 15) is 41.5 Å². The van der Waals surface area contributed by atoms with Crippen LogP contribution in [0.3, 0.4) is 0 Å². The normalized spacial score (nSPS) is 11.6. The first-order valence-corrected chi connectivity index (χ1v) is 14.2. The van der Waals surface area contributed by atoms with E-state index < -0.39 is 46.2 Å². The number of amides is 1. The number of allylic oxidation sites excluding steroid dienone is 1. The fraction of sp³-hybridized carbons (Fsp3) is 0.0286. The Kier molecular flexibility index (Phi) is 13.1. The summed E-state index contributed by atoms with van der Waals surface area (Å²) in [5, 5.41) is 2.44. The maximum Gasteiger partial charge on any atom is 0.325 e. The molecule has 5 aromatic rings. The Bertz CT molecular complexity index is 2050. The summed E-state index contributed by atoms with van der Waals surface area (Å²) in [6, 6.07) is 21.6. The van der Waals surface area contributed by atoms with E-state index in [4.69, 9.17) is 5.73 Å². The number of Topliss-reactive ketones (excluding diaryl/α,β-unsaturated/α-hetero) is 1. The van der Waals surface area contributed by atoms with Crippen LogP contribution in [0, 0.1) is 23.3 Å². The predicted octanol–water partition coefficient (Wildman–Crippen LogP) is 3.75. The molecule has 50 heavy (non-hydrogen) atoms. The van der Waals surface area contributed by atoms with Gasteiger partial charge in [0.25, 0.3) is 5.56 Å². The van der Waals surface area contributed by atoms with Crippen LogP contribution in [0.15, 0.2) is 130 Å². The highest BCUT2D eigenvalue weighted by Crippen LogP contribution is 2.17. The quantitative estimate of drug-likeness (QED) is 0.0938. The minimum absolute atomic E-state index is 0. The lowest BCUT2D eigenvalue weighted by atomic mass is 10.0. The van der Waals surface area contributed by atoms with Gasteiger partial charge >= 0.3 is 5.69 Å². The number of carbonyl (C=O) groups is 3. The first-order chi connectivity index (χ1) is 23.4. The number of nitrogen functional groups attached to an aromatic ring is 1. The van der Waals surface area contributed by atoms with Crippen molar-refractivity contribution in [2.45, 2.75) is 6.42 Å². The molecule has 0 spiro atoms. The summed E-state index contributed by atoms with van der Waals surface area (Å²) >= 11 is 0. The van der Waals surface area contributed by atoms with Gasteiger partial charge in [-0.3, -0.25) is 24.2 Å². The molecule has 15 heteroatoms. The zero-order valence-corrected chi connectivity index (χ0v) is 25.7. The van der Waals surface area contributed by atoms with Crippen LogP contribution in [0.25, 0.3) is 0 Å². The number of aromatic amines is 2. The van der Waals surface area contributed by atoms with Crippen molar-refractivity contribution in [1.82, 2.24) is 15.3 Å². The second-order valence-electron chi connectivity index (χ2n) is 10.0. The largest absolute Gasteiger partial charge is 0.412 e. The number of aliphatic imine (C=N–C) groups is 1. The van der Waals surface area contributed by atoms with Crippen molar-refractivity contribution < 1.29 is 37.4 Å². The van der Waals surface area contributed by atoms with E-state index in [2.05, 4.69) is 15.3 Å². The summed E-state index contributed by atoms with van der Waals surface area (Å²) in [6.45, 7) is 0. The van der Waals surface area contributed by atoms with Crippen molar-refractivity contribution in [3.8, 4) is 0 Å². The van der Waals surface area contributed by atoms with Crippen molar-refractivity contribution >= 4 is 28.9 Å². The Morgan fingerprint density at radius 1 is 0.640 bits per heavy atom. The van der Waals surface area contributed by atoms with Gasteiger partial charge in [0.1, 0.15) is 34.7 Å². The summed E-state index contributed by atoms with van der Waals surface area (Å²) in [4.78, 5) is 64.2. The molecule has 1 amide bonds. The number of anilines is 1. The average Bonchev–Trinajstić information content (AvgIpc) is 3.08. The number of hydrogen-bond acceptors (Lipinski definition) is 7. The van der Waals surface area contributed by atoms with Crippen LogP contribution in [0.5, 0.6) is 0 Å². The van der Waals surface area contributed by atoms with Gasteiger partial charge in [-0.05, 0) is 97.1 Å². The number of rotatable bonds is 5. The number of hydrogen-bond donors (Lipinski definition) is 4. The Labute approximate surface area is 280 Å². The Balaban J connectivity index is 0.000000224. The summed E-state index contributed by atoms with van der Waals surface area (Å²) in [5.74, 6) is -2.66. The van der Waals surface area contributed by atoms with Crippen LogP contribution in [0.1, 0.15) is 33.5 Å². The Morgan fingerprint density at radius 2 is 1.04 bits per heavy atom. The van der Waals surface area contributed by atoms with Crippen LogP contribution in [-0.2, 0) is 9.59 Å². The molecule has 0 unspecified atom stereocenters. The Morgan fingerprint density at radius 3 is 1.40 bits per heavy atom. The first kappa shape index (κ1) is 37.7. The molecule has 6 rings (SSSR count). The minimum Gasteiger partial charge on any atom is -0.412 e. The highest BCUT2D eigenvalue weighted by Gasteiger charge is 2.20. The second kappa shape index (κ2) is 17.4. The second-order valence-corrected chi connectivity index (χ2v) is 10.0. The highest BCUT2D eigenvalue weighted by molar-refractivity contribution is 6.17. The number of carbonyl (C=O) groups excluding carboxylic acids is 3. The van der Waals surface area contributed by atoms with Gasteiger partial charge in [0.2, 0.25) is 5.91 Å². The van der Waals surface area contributed by atoms with E-state index in [-0.39, 0.29) is 29.1 Å². The van der Waals surface area contributed by atoms with Crippen molar-refractivity contribution in [3.63, 3.8) is 0 Å². The van der Waals surface area contributed by atoms with E-state index in [1.165, 1.54) is 103 Å². The molecule has 0 saturated carbocycles. The zero-order valence-electron chi connectivity index (χ0n) is 25.7. The molecule has 2 heterocycles. The van der Waals surface area contributed by atoms with Crippen LogP contribution in [0.2, 0.25) is 0 Å². The van der Waals surface area contributed by atoms with Gasteiger partial charge in [-0.25, -0.2) is 27.3 Å². The van der Waals surface area contributed by atoms with E-state index in [0.29, 0.717) is 28.0 Å². The number of H-pyrrole nitrogens is 2. The van der Waals surface area contributed by atoms with Gasteiger partial charge in [0, 0.05) is 34.7 Å². The van der Waals surface area contributed by atoms with Gasteiger partial charge in [-0.2, -0.15) is 0 Å². The van der Waals surface area contributed by atoms with Crippen LogP contribution >= 0.6 is 0 Å². The highest BCUT2D eigenvalue weighted by atomic mass is 19.1. The van der Waals surface area contributed by atoms with Crippen molar-refractivity contribution in [2.75, 3.05) is 5.73 Å². The average molecular weight is 690 g/mol. The zero-order chi connectivity index (χ0) is 35.5. The number of nitrogens with one attached hydrogen (secondary N) is 3. The molecule has 0 fully saturated rings. The fourth-order valence-electron chi connectivity index (χ4n) is 4.03. The number of benzene rings is 4. The van der Waals surface area contributed by atoms with Gasteiger partial charge in [0.15, 0.2) is 11.6 Å². The lowest BCUT2D eigenvalue weighted by Crippen LogP contribution is -2.27. The number of ketones is 2. The number of halogens is 4. The lowest BCUT2D eigenvalue weighted by molar-refractivity contribution is -0.126. The molecule has 4 aromatic carbocycles. The molecule has 0 atom stereocenters. The molecule has 0 bridgehead atoms. The van der Waals surface area contributed by atoms with E-state index >= 15 is 0 Å². The molecule has 256 valence electrons. The van der Waals surface area contributed by atoms with Gasteiger partial charge < -0.3 is 21.5 Å². The third-order valence-corrected chi connectivity index (χ3v) is 6.51. The molecule has 0 saturated heterocycles. The van der Waals surface area contributed by atoms with Crippen molar-refractivity contribution in [1.29, 1.82) is 0 Å². The molecular weight excluding hydrogens is 662 g/mol. The fourth-order valence-corrected chi connectivity index (χ4v) is 4.03. The SMILES string of the molecule is Nc1c[nH]c(=O)[nH]c1=O.O.O=C(c1ccc(F)cc1)c1ccc(F)cc1.O=C1CC(=O)C(N=C(c2ccc(F)cc2)c2ccc(F)cc2)=CN1. The summed E-state index contributed by atoms with van der Waals surface area (Å²) in [6.07, 6.45) is 2.11. The van der Waals surface area contributed by atoms with E-state index in [1.54, 1.807) is 0 Å². The predicted molar refractivity (Wildman–Crippen MR) is 176 cm³/mol. The molecule has 1 aliphatic heterocycles. The number of nitrogens with zero attached hydrogens (tertiary/aromatic N) is 1. The van der Waals surface area contributed by atoms with Crippen LogP contribution < -0.4 is 22.3 Å². The van der Waals surface area contributed by atoms with Crippen LogP contribution in [0.4, 0.5) is 23.2 Å². The summed E-state index contributed by atoms with van der Waals surface area (Å²) in [5.41, 5.74) is 6.33. The Hall–Kier alpha value is -6.74. The monoisotopic (exact) mass is 689 g/mol. The molecule has 11 nitrogen and oxygen atoms in total. The minimum atomic E-state index is -0.557. The maximum atomic E-state index is 13.2. The number of nitrogens with two attached hydrogens (primary N) is 1. The topological polar surface area (TPSA) is 199 Å².